The van der Waals surface area contributed by atoms with Crippen molar-refractivity contribution in [2.45, 2.75) is 34.2 Å². The van der Waals surface area contributed by atoms with Gasteiger partial charge in [-0.05, 0) is 61.3 Å². The van der Waals surface area contributed by atoms with E-state index in [1.54, 1.807) is 0 Å². The van der Waals surface area contributed by atoms with E-state index in [2.05, 4.69) is 79.0 Å². The molecule has 0 radical (unpaired) electrons. The molecule has 0 bridgehead atoms. The molecule has 26 heavy (non-hydrogen) atoms. The molecule has 0 saturated carbocycles. The maximum Gasteiger partial charge on any atom is 0.0503 e. The van der Waals surface area contributed by atoms with Gasteiger partial charge in [0, 0.05) is 42.1 Å². The van der Waals surface area contributed by atoms with E-state index in [0.717, 1.165) is 32.7 Å². The highest BCUT2D eigenvalue weighted by molar-refractivity contribution is 6.11. The third-order valence-corrected chi connectivity index (χ3v) is 6.05. The molecule has 4 rings (SSSR count). The van der Waals surface area contributed by atoms with Crippen molar-refractivity contribution in [2.24, 2.45) is 0 Å². The lowest BCUT2D eigenvalue weighted by atomic mass is 9.90. The standard InChI is InChI=1S/C23H29N3/c1-5-25(6-2)13-14-26-12-11-18-17(4)23-22(16(3)20(18)15-26)19-9-7-8-10-21(19)24-23/h7-12,24H,5-6,13-15H2,1-4H3. The van der Waals surface area contributed by atoms with Crippen molar-refractivity contribution in [3.05, 3.63) is 52.7 Å². The van der Waals surface area contributed by atoms with Crippen molar-refractivity contribution in [3.8, 4) is 0 Å². The van der Waals surface area contributed by atoms with Crippen LogP contribution in [0.1, 0.15) is 36.1 Å². The lowest BCUT2D eigenvalue weighted by Crippen LogP contribution is -2.33. The van der Waals surface area contributed by atoms with Crippen LogP contribution in [0, 0.1) is 13.8 Å². The quantitative estimate of drug-likeness (QED) is 0.696. The van der Waals surface area contributed by atoms with Gasteiger partial charge >= 0.3 is 0 Å². The minimum absolute atomic E-state index is 1.01. The van der Waals surface area contributed by atoms with Crippen LogP contribution in [0.5, 0.6) is 0 Å². The Morgan fingerprint density at radius 2 is 1.85 bits per heavy atom. The first-order chi connectivity index (χ1) is 12.6. The van der Waals surface area contributed by atoms with Crippen molar-refractivity contribution in [2.75, 3.05) is 26.2 Å². The smallest absolute Gasteiger partial charge is 0.0503 e. The number of fused-ring (bicyclic) bond motifs is 4. The molecule has 1 aliphatic heterocycles. The maximum absolute atomic E-state index is 3.65. The summed E-state index contributed by atoms with van der Waals surface area (Å²) in [4.78, 5) is 8.61. The van der Waals surface area contributed by atoms with Gasteiger partial charge in [0.25, 0.3) is 0 Å². The number of aryl methyl sites for hydroxylation is 2. The van der Waals surface area contributed by atoms with Crippen LogP contribution >= 0.6 is 0 Å². The topological polar surface area (TPSA) is 22.3 Å². The van der Waals surface area contributed by atoms with Gasteiger partial charge in [-0.15, -0.1) is 0 Å². The van der Waals surface area contributed by atoms with E-state index in [-0.39, 0.29) is 0 Å². The van der Waals surface area contributed by atoms with E-state index in [4.69, 9.17) is 0 Å². The summed E-state index contributed by atoms with van der Waals surface area (Å²) in [5.74, 6) is 0. The summed E-state index contributed by atoms with van der Waals surface area (Å²) in [6, 6.07) is 8.67. The third kappa shape index (κ3) is 2.71. The number of hydrogen-bond acceptors (Lipinski definition) is 2. The van der Waals surface area contributed by atoms with E-state index >= 15 is 0 Å². The van der Waals surface area contributed by atoms with Gasteiger partial charge in [0.1, 0.15) is 0 Å². The molecule has 3 heteroatoms. The summed E-state index contributed by atoms with van der Waals surface area (Å²) in [6.45, 7) is 14.5. The third-order valence-electron chi connectivity index (χ3n) is 6.05. The lowest BCUT2D eigenvalue weighted by Gasteiger charge is -2.30. The second-order valence-electron chi connectivity index (χ2n) is 7.38. The Morgan fingerprint density at radius 3 is 2.62 bits per heavy atom. The molecule has 0 spiro atoms. The van der Waals surface area contributed by atoms with E-state index in [0.29, 0.717) is 0 Å². The molecule has 0 atom stereocenters. The number of rotatable bonds is 5. The summed E-state index contributed by atoms with van der Waals surface area (Å²) in [6.07, 6.45) is 4.60. The molecule has 0 saturated heterocycles. The first kappa shape index (κ1) is 17.2. The fourth-order valence-electron chi connectivity index (χ4n) is 4.35. The molecule has 2 aromatic carbocycles. The highest BCUT2D eigenvalue weighted by Gasteiger charge is 2.20. The zero-order valence-corrected chi connectivity index (χ0v) is 16.4. The van der Waals surface area contributed by atoms with Crippen molar-refractivity contribution in [1.82, 2.24) is 14.8 Å². The van der Waals surface area contributed by atoms with Gasteiger partial charge in [-0.2, -0.15) is 0 Å². The molecule has 0 amide bonds. The Kier molecular flexibility index (Phi) is 4.49. The van der Waals surface area contributed by atoms with Crippen molar-refractivity contribution in [1.29, 1.82) is 0 Å². The SMILES string of the molecule is CCN(CC)CCN1C=Cc2c(c(C)c3c([nH]c4ccccc43)c2C)C1. The van der Waals surface area contributed by atoms with Gasteiger partial charge < -0.3 is 14.8 Å². The Hall–Kier alpha value is -2.26. The fraction of sp³-hybridized carbons (Fsp3) is 0.391. The number of likely N-dealkylation sites (N-methyl/N-ethyl adjacent to an activating group) is 1. The summed E-state index contributed by atoms with van der Waals surface area (Å²) in [7, 11) is 0. The van der Waals surface area contributed by atoms with Gasteiger partial charge in [-0.3, -0.25) is 0 Å². The van der Waals surface area contributed by atoms with E-state index < -0.39 is 0 Å². The molecular weight excluding hydrogens is 318 g/mol. The number of nitrogens with one attached hydrogen (secondary N) is 1. The van der Waals surface area contributed by atoms with Gasteiger partial charge in [-0.25, -0.2) is 0 Å². The highest BCUT2D eigenvalue weighted by Crippen LogP contribution is 2.37. The van der Waals surface area contributed by atoms with Gasteiger partial charge in [-0.1, -0.05) is 32.0 Å². The minimum Gasteiger partial charge on any atom is -0.372 e. The zero-order chi connectivity index (χ0) is 18.3. The maximum atomic E-state index is 3.65. The van der Waals surface area contributed by atoms with Crippen LogP contribution in [0.15, 0.2) is 30.5 Å². The molecule has 1 aliphatic rings. The monoisotopic (exact) mass is 347 g/mol. The van der Waals surface area contributed by atoms with Crippen LogP contribution in [0.4, 0.5) is 0 Å². The molecule has 2 heterocycles. The summed E-state index contributed by atoms with van der Waals surface area (Å²) < 4.78 is 0. The van der Waals surface area contributed by atoms with Crippen molar-refractivity contribution >= 4 is 27.9 Å². The minimum atomic E-state index is 1.01. The van der Waals surface area contributed by atoms with Crippen LogP contribution in [0.3, 0.4) is 0 Å². The molecule has 0 fully saturated rings. The molecule has 0 aliphatic carbocycles. The summed E-state index contributed by atoms with van der Waals surface area (Å²) in [5.41, 5.74) is 8.22. The molecule has 3 nitrogen and oxygen atoms in total. The van der Waals surface area contributed by atoms with E-state index in [1.165, 1.54) is 44.1 Å². The van der Waals surface area contributed by atoms with Crippen LogP contribution in [-0.4, -0.2) is 41.0 Å². The van der Waals surface area contributed by atoms with E-state index in [1.807, 2.05) is 0 Å². The first-order valence-electron chi connectivity index (χ1n) is 9.81. The fourth-order valence-corrected chi connectivity index (χ4v) is 4.35. The second-order valence-corrected chi connectivity index (χ2v) is 7.38. The van der Waals surface area contributed by atoms with Crippen LogP contribution in [-0.2, 0) is 6.54 Å². The highest BCUT2D eigenvalue weighted by atomic mass is 15.2. The normalized spacial score (nSPS) is 14.0. The lowest BCUT2D eigenvalue weighted by molar-refractivity contribution is 0.251. The summed E-state index contributed by atoms with van der Waals surface area (Å²) >= 11 is 0. The Morgan fingerprint density at radius 1 is 1.08 bits per heavy atom. The number of para-hydroxylation sites is 1. The Labute approximate surface area is 156 Å². The van der Waals surface area contributed by atoms with Crippen LogP contribution in [0.25, 0.3) is 27.9 Å². The number of aromatic nitrogens is 1. The molecule has 1 aromatic heterocycles. The summed E-state index contributed by atoms with van der Waals surface area (Å²) in [5, 5.41) is 2.74. The average Bonchev–Trinajstić information content (AvgIpc) is 3.07. The number of hydrogen-bond donors (Lipinski definition) is 1. The molecule has 1 N–H and O–H groups in total. The predicted molar refractivity (Wildman–Crippen MR) is 113 cm³/mol. The number of H-pyrrole nitrogens is 1. The average molecular weight is 348 g/mol. The molecule has 0 unspecified atom stereocenters. The van der Waals surface area contributed by atoms with Crippen molar-refractivity contribution < 1.29 is 0 Å². The predicted octanol–water partition coefficient (Wildman–Crippen LogP) is 5.07. The van der Waals surface area contributed by atoms with E-state index in [9.17, 15) is 0 Å². The molecule has 3 aromatic rings. The van der Waals surface area contributed by atoms with Gasteiger partial charge in [0.05, 0.1) is 5.52 Å². The largest absolute Gasteiger partial charge is 0.372 e. The number of aromatic amines is 1. The van der Waals surface area contributed by atoms with Gasteiger partial charge in [0.15, 0.2) is 0 Å². The molecular formula is C23H29N3. The number of benzene rings is 2. The Bertz CT molecular complexity index is 976. The second kappa shape index (κ2) is 6.81. The zero-order valence-electron chi connectivity index (χ0n) is 16.4. The van der Waals surface area contributed by atoms with Crippen LogP contribution < -0.4 is 0 Å². The van der Waals surface area contributed by atoms with Crippen molar-refractivity contribution in [3.63, 3.8) is 0 Å². The number of nitrogens with zero attached hydrogens (tertiary/aromatic N) is 2. The Balaban J connectivity index is 1.74. The van der Waals surface area contributed by atoms with Crippen LogP contribution in [0.2, 0.25) is 0 Å². The molecule has 136 valence electrons. The first-order valence-corrected chi connectivity index (χ1v) is 9.81. The van der Waals surface area contributed by atoms with Gasteiger partial charge in [0.2, 0.25) is 0 Å².